The van der Waals surface area contributed by atoms with Gasteiger partial charge < -0.3 is 10.2 Å². The lowest BCUT2D eigenvalue weighted by molar-refractivity contribution is 0.275. The summed E-state index contributed by atoms with van der Waals surface area (Å²) < 4.78 is 26.3. The van der Waals surface area contributed by atoms with Crippen molar-refractivity contribution in [1.29, 1.82) is 0 Å². The van der Waals surface area contributed by atoms with Crippen molar-refractivity contribution in [2.45, 2.75) is 17.3 Å². The zero-order valence-corrected chi connectivity index (χ0v) is 16.2. The molecule has 0 unspecified atom stereocenters. The Balaban J connectivity index is 1.84. The maximum absolute atomic E-state index is 12.6. The second-order valence-corrected chi connectivity index (χ2v) is 8.82. The van der Waals surface area contributed by atoms with Crippen LogP contribution in [0.5, 0.6) is 5.75 Å². The second-order valence-electron chi connectivity index (χ2n) is 5.91. The second kappa shape index (κ2) is 7.61. The number of aliphatic hydroxyl groups excluding tert-OH is 1. The standard InChI is InChI=1S/C20H17BrO4S/c21-18-6-2-15(3-7-18)16-4-8-19(9-5-16)26(24,25)13-14-1-10-20(23)17(11-14)12-22/h1-11,22-23H,12-13H2. The van der Waals surface area contributed by atoms with Gasteiger partial charge in [0.2, 0.25) is 0 Å². The van der Waals surface area contributed by atoms with Crippen LogP contribution in [-0.4, -0.2) is 18.6 Å². The fourth-order valence-corrected chi connectivity index (χ4v) is 4.26. The fraction of sp³-hybridized carbons (Fsp3) is 0.100. The van der Waals surface area contributed by atoms with E-state index in [9.17, 15) is 18.6 Å². The predicted molar refractivity (Wildman–Crippen MR) is 104 cm³/mol. The number of aromatic hydroxyl groups is 1. The van der Waals surface area contributed by atoms with E-state index in [4.69, 9.17) is 0 Å². The van der Waals surface area contributed by atoms with Gasteiger partial charge in [-0.1, -0.05) is 46.3 Å². The van der Waals surface area contributed by atoms with Gasteiger partial charge in [0.15, 0.2) is 9.84 Å². The molecule has 0 aliphatic heterocycles. The van der Waals surface area contributed by atoms with Gasteiger partial charge in [-0.25, -0.2) is 8.42 Å². The molecule has 0 heterocycles. The first-order chi connectivity index (χ1) is 12.4. The molecule has 4 nitrogen and oxygen atoms in total. The van der Waals surface area contributed by atoms with Crippen molar-refractivity contribution in [2.75, 3.05) is 0 Å². The SMILES string of the molecule is O=S(=O)(Cc1ccc(O)c(CO)c1)c1ccc(-c2ccc(Br)cc2)cc1. The lowest BCUT2D eigenvalue weighted by Crippen LogP contribution is -2.05. The van der Waals surface area contributed by atoms with Crippen molar-refractivity contribution in [3.8, 4) is 16.9 Å². The van der Waals surface area contributed by atoms with Gasteiger partial charge >= 0.3 is 0 Å². The maximum Gasteiger partial charge on any atom is 0.182 e. The summed E-state index contributed by atoms with van der Waals surface area (Å²) in [5, 5.41) is 18.8. The highest BCUT2D eigenvalue weighted by atomic mass is 79.9. The molecule has 0 aliphatic carbocycles. The van der Waals surface area contributed by atoms with Gasteiger partial charge in [-0.2, -0.15) is 0 Å². The van der Waals surface area contributed by atoms with E-state index in [1.54, 1.807) is 30.3 Å². The summed E-state index contributed by atoms with van der Waals surface area (Å²) in [5.74, 6) is -0.245. The summed E-state index contributed by atoms with van der Waals surface area (Å²) in [5.41, 5.74) is 2.76. The summed E-state index contributed by atoms with van der Waals surface area (Å²) in [4.78, 5) is 0.233. The third-order valence-corrected chi connectivity index (χ3v) is 6.29. The molecule has 0 fully saturated rings. The molecular formula is C20H17BrO4S. The Morgan fingerprint density at radius 3 is 2.00 bits per heavy atom. The Morgan fingerprint density at radius 1 is 0.846 bits per heavy atom. The Hall–Kier alpha value is -2.15. The van der Waals surface area contributed by atoms with Gasteiger partial charge in [0.05, 0.1) is 17.3 Å². The topological polar surface area (TPSA) is 74.6 Å². The van der Waals surface area contributed by atoms with Crippen LogP contribution in [-0.2, 0) is 22.2 Å². The minimum Gasteiger partial charge on any atom is -0.508 e. The van der Waals surface area contributed by atoms with Crippen molar-refractivity contribution >= 4 is 25.8 Å². The molecule has 0 saturated carbocycles. The zero-order valence-electron chi connectivity index (χ0n) is 13.8. The highest BCUT2D eigenvalue weighted by molar-refractivity contribution is 9.10. The molecule has 0 bridgehead atoms. The number of hydrogen-bond acceptors (Lipinski definition) is 4. The lowest BCUT2D eigenvalue weighted by atomic mass is 10.1. The van der Waals surface area contributed by atoms with Crippen molar-refractivity contribution < 1.29 is 18.6 Å². The fourth-order valence-electron chi connectivity index (χ4n) is 2.66. The van der Waals surface area contributed by atoms with E-state index in [-0.39, 0.29) is 23.0 Å². The monoisotopic (exact) mass is 432 g/mol. The number of aliphatic hydroxyl groups is 1. The molecule has 0 aromatic heterocycles. The average molecular weight is 433 g/mol. The van der Waals surface area contributed by atoms with Crippen LogP contribution in [0.3, 0.4) is 0 Å². The Morgan fingerprint density at radius 2 is 1.42 bits per heavy atom. The van der Waals surface area contributed by atoms with Gasteiger partial charge in [-0.15, -0.1) is 0 Å². The van der Waals surface area contributed by atoms with Crippen LogP contribution in [0.15, 0.2) is 76.1 Å². The van der Waals surface area contributed by atoms with Gasteiger partial charge in [0, 0.05) is 10.0 Å². The Bertz CT molecular complexity index is 1010. The number of benzene rings is 3. The van der Waals surface area contributed by atoms with Crippen molar-refractivity contribution in [1.82, 2.24) is 0 Å². The first-order valence-corrected chi connectivity index (χ1v) is 10.3. The van der Waals surface area contributed by atoms with Crippen molar-refractivity contribution in [3.63, 3.8) is 0 Å². The first kappa shape index (κ1) is 18.6. The van der Waals surface area contributed by atoms with E-state index in [1.165, 1.54) is 12.1 Å². The van der Waals surface area contributed by atoms with E-state index in [2.05, 4.69) is 15.9 Å². The Kier molecular flexibility index (Phi) is 5.46. The van der Waals surface area contributed by atoms with Gasteiger partial charge in [0.1, 0.15) is 5.75 Å². The zero-order chi connectivity index (χ0) is 18.7. The van der Waals surface area contributed by atoms with Crippen LogP contribution in [0, 0.1) is 0 Å². The van der Waals surface area contributed by atoms with Crippen LogP contribution in [0.1, 0.15) is 11.1 Å². The molecule has 0 radical (unpaired) electrons. The van der Waals surface area contributed by atoms with Crippen molar-refractivity contribution in [3.05, 3.63) is 82.3 Å². The van der Waals surface area contributed by atoms with Crippen LogP contribution >= 0.6 is 15.9 Å². The number of hydrogen-bond donors (Lipinski definition) is 2. The molecule has 0 atom stereocenters. The molecule has 0 spiro atoms. The highest BCUT2D eigenvalue weighted by Crippen LogP contribution is 2.26. The van der Waals surface area contributed by atoms with Gasteiger partial charge in [0.25, 0.3) is 0 Å². The molecule has 0 saturated heterocycles. The minimum atomic E-state index is -3.53. The molecule has 3 rings (SSSR count). The molecule has 3 aromatic carbocycles. The summed E-state index contributed by atoms with van der Waals surface area (Å²) in [6.45, 7) is -0.346. The lowest BCUT2D eigenvalue weighted by Gasteiger charge is -2.08. The van der Waals surface area contributed by atoms with Crippen LogP contribution in [0.4, 0.5) is 0 Å². The van der Waals surface area contributed by atoms with Crippen LogP contribution in [0.25, 0.3) is 11.1 Å². The third kappa shape index (κ3) is 4.15. The van der Waals surface area contributed by atoms with E-state index in [0.717, 1.165) is 15.6 Å². The number of sulfone groups is 1. The molecule has 26 heavy (non-hydrogen) atoms. The van der Waals surface area contributed by atoms with Gasteiger partial charge in [-0.05, 0) is 53.1 Å². The molecule has 6 heteroatoms. The van der Waals surface area contributed by atoms with E-state index in [0.29, 0.717) is 11.1 Å². The predicted octanol–water partition coefficient (Wildman–Crippen LogP) is 4.29. The summed E-state index contributed by atoms with van der Waals surface area (Å²) >= 11 is 3.39. The number of rotatable bonds is 5. The first-order valence-electron chi connectivity index (χ1n) is 7.89. The maximum atomic E-state index is 12.6. The molecule has 2 N–H and O–H groups in total. The van der Waals surface area contributed by atoms with E-state index < -0.39 is 9.84 Å². The van der Waals surface area contributed by atoms with Gasteiger partial charge in [-0.3, -0.25) is 0 Å². The van der Waals surface area contributed by atoms with Crippen molar-refractivity contribution in [2.24, 2.45) is 0 Å². The molecular weight excluding hydrogens is 416 g/mol. The summed E-state index contributed by atoms with van der Waals surface area (Å²) in [6.07, 6.45) is 0. The minimum absolute atomic E-state index is 0.0486. The number of phenols is 1. The smallest absolute Gasteiger partial charge is 0.182 e. The third-order valence-electron chi connectivity index (χ3n) is 4.06. The molecule has 134 valence electrons. The summed E-state index contributed by atoms with van der Waals surface area (Å²) in [6, 6.07) is 19.0. The molecule has 0 aliphatic rings. The van der Waals surface area contributed by atoms with E-state index in [1.807, 2.05) is 24.3 Å². The van der Waals surface area contributed by atoms with Crippen LogP contribution in [0.2, 0.25) is 0 Å². The summed E-state index contributed by atoms with van der Waals surface area (Å²) in [7, 11) is -3.53. The molecule has 3 aromatic rings. The van der Waals surface area contributed by atoms with Crippen LogP contribution < -0.4 is 0 Å². The highest BCUT2D eigenvalue weighted by Gasteiger charge is 2.16. The molecule has 0 amide bonds. The van der Waals surface area contributed by atoms with E-state index >= 15 is 0 Å². The average Bonchev–Trinajstić information content (AvgIpc) is 2.64. The largest absolute Gasteiger partial charge is 0.508 e. The quantitative estimate of drug-likeness (QED) is 0.630. The Labute approximate surface area is 160 Å². The number of halogens is 1. The normalized spacial score (nSPS) is 11.5.